The molecule has 2 aromatic heterocycles. The van der Waals surface area contributed by atoms with Crippen LogP contribution in [0.15, 0.2) is 42.1 Å². The van der Waals surface area contributed by atoms with Gasteiger partial charge in [0, 0.05) is 31.7 Å². The van der Waals surface area contributed by atoms with Crippen molar-refractivity contribution in [2.75, 3.05) is 6.54 Å². The summed E-state index contributed by atoms with van der Waals surface area (Å²) in [6.45, 7) is 0.581. The summed E-state index contributed by atoms with van der Waals surface area (Å²) in [5.74, 6) is 0. The number of nitrogens with zero attached hydrogens (tertiary/aromatic N) is 3. The first kappa shape index (κ1) is 13.7. The number of aliphatic hydroxyl groups excluding tert-OH is 1. The first-order valence-corrected chi connectivity index (χ1v) is 7.11. The standard InChI is InChI=1S/C11H14N4O3S/c16-8-10-1-2-11(13-7-10)19(17,18)14-4-6-15-5-3-12-9-15/h1-3,5,7,9,14,16H,4,6,8H2. The van der Waals surface area contributed by atoms with Crippen molar-refractivity contribution >= 4 is 10.0 Å². The molecule has 0 spiro atoms. The van der Waals surface area contributed by atoms with Crippen molar-refractivity contribution in [3.63, 3.8) is 0 Å². The smallest absolute Gasteiger partial charge is 0.258 e. The zero-order valence-corrected chi connectivity index (χ0v) is 10.9. The Hall–Kier alpha value is -1.77. The molecule has 19 heavy (non-hydrogen) atoms. The normalized spacial score (nSPS) is 11.6. The Morgan fingerprint density at radius 1 is 1.37 bits per heavy atom. The number of sulfonamides is 1. The van der Waals surface area contributed by atoms with Crippen LogP contribution in [0.4, 0.5) is 0 Å². The van der Waals surface area contributed by atoms with E-state index in [1.54, 1.807) is 23.3 Å². The quantitative estimate of drug-likeness (QED) is 0.761. The Bertz CT molecular complexity index is 608. The van der Waals surface area contributed by atoms with Gasteiger partial charge < -0.3 is 9.67 Å². The number of hydrogen-bond donors (Lipinski definition) is 2. The molecule has 2 rings (SSSR count). The maximum atomic E-state index is 11.9. The van der Waals surface area contributed by atoms with Gasteiger partial charge in [-0.1, -0.05) is 6.07 Å². The fourth-order valence-electron chi connectivity index (χ4n) is 1.47. The number of rotatable bonds is 6. The lowest BCUT2D eigenvalue weighted by Gasteiger charge is -2.06. The summed E-state index contributed by atoms with van der Waals surface area (Å²) in [6, 6.07) is 2.89. The summed E-state index contributed by atoms with van der Waals surface area (Å²) < 4.78 is 28.0. The Balaban J connectivity index is 1.97. The first-order valence-electron chi connectivity index (χ1n) is 5.63. The molecule has 2 N–H and O–H groups in total. The van der Waals surface area contributed by atoms with E-state index in [0.717, 1.165) is 0 Å². The van der Waals surface area contributed by atoms with E-state index in [-0.39, 0.29) is 18.2 Å². The summed E-state index contributed by atoms with van der Waals surface area (Å²) in [7, 11) is -3.61. The van der Waals surface area contributed by atoms with Crippen molar-refractivity contribution in [2.45, 2.75) is 18.2 Å². The second-order valence-electron chi connectivity index (χ2n) is 3.86. The molecule has 0 aliphatic rings. The largest absolute Gasteiger partial charge is 0.392 e. The molecular formula is C11H14N4O3S. The maximum absolute atomic E-state index is 11.9. The predicted molar refractivity (Wildman–Crippen MR) is 67.6 cm³/mol. The lowest BCUT2D eigenvalue weighted by molar-refractivity contribution is 0.281. The van der Waals surface area contributed by atoms with Crippen molar-refractivity contribution in [3.05, 3.63) is 42.6 Å². The van der Waals surface area contributed by atoms with E-state index >= 15 is 0 Å². The van der Waals surface area contributed by atoms with Gasteiger partial charge in [0.05, 0.1) is 12.9 Å². The number of aliphatic hydroxyl groups is 1. The van der Waals surface area contributed by atoms with E-state index < -0.39 is 10.0 Å². The molecular weight excluding hydrogens is 268 g/mol. The van der Waals surface area contributed by atoms with Gasteiger partial charge in [0.15, 0.2) is 5.03 Å². The Morgan fingerprint density at radius 3 is 2.79 bits per heavy atom. The molecule has 0 radical (unpaired) electrons. The average molecular weight is 282 g/mol. The zero-order valence-electron chi connectivity index (χ0n) is 10.1. The molecule has 0 atom stereocenters. The lowest BCUT2D eigenvalue weighted by atomic mass is 10.3. The molecule has 8 heteroatoms. The van der Waals surface area contributed by atoms with Gasteiger partial charge in [-0.25, -0.2) is 23.1 Å². The van der Waals surface area contributed by atoms with Crippen LogP contribution in [0.25, 0.3) is 0 Å². The topological polar surface area (TPSA) is 97.1 Å². The van der Waals surface area contributed by atoms with Crippen molar-refractivity contribution in [3.8, 4) is 0 Å². The highest BCUT2D eigenvalue weighted by Crippen LogP contribution is 2.06. The van der Waals surface area contributed by atoms with Crippen molar-refractivity contribution < 1.29 is 13.5 Å². The predicted octanol–water partition coefficient (Wildman–Crippen LogP) is -0.251. The number of aromatic nitrogens is 3. The number of pyridine rings is 1. The second kappa shape index (κ2) is 5.91. The molecule has 0 unspecified atom stereocenters. The van der Waals surface area contributed by atoms with Crippen LogP contribution in [0, 0.1) is 0 Å². The molecule has 0 aromatic carbocycles. The van der Waals surface area contributed by atoms with Crippen LogP contribution in [0.2, 0.25) is 0 Å². The molecule has 7 nitrogen and oxygen atoms in total. The molecule has 0 aliphatic heterocycles. The van der Waals surface area contributed by atoms with Crippen molar-refractivity contribution in [1.29, 1.82) is 0 Å². The van der Waals surface area contributed by atoms with Gasteiger partial charge in [-0.3, -0.25) is 0 Å². The molecule has 0 bridgehead atoms. The van der Waals surface area contributed by atoms with Crippen LogP contribution >= 0.6 is 0 Å². The molecule has 102 valence electrons. The number of imidazole rings is 1. The van der Waals surface area contributed by atoms with Crippen LogP contribution in [0.5, 0.6) is 0 Å². The number of hydrogen-bond acceptors (Lipinski definition) is 5. The monoisotopic (exact) mass is 282 g/mol. The Kier molecular flexibility index (Phi) is 4.25. The molecule has 0 aliphatic carbocycles. The minimum Gasteiger partial charge on any atom is -0.392 e. The molecule has 0 amide bonds. The van der Waals surface area contributed by atoms with E-state index in [2.05, 4.69) is 14.7 Å². The number of nitrogens with one attached hydrogen (secondary N) is 1. The van der Waals surface area contributed by atoms with Crippen LogP contribution in [-0.4, -0.2) is 34.6 Å². The highest BCUT2D eigenvalue weighted by molar-refractivity contribution is 7.89. The SMILES string of the molecule is O=S(=O)(NCCn1ccnc1)c1ccc(CO)cn1. The van der Waals surface area contributed by atoms with Crippen molar-refractivity contribution in [1.82, 2.24) is 19.3 Å². The van der Waals surface area contributed by atoms with Crippen LogP contribution in [-0.2, 0) is 23.2 Å². The first-order chi connectivity index (χ1) is 9.12. The van der Waals surface area contributed by atoms with Gasteiger partial charge in [-0.15, -0.1) is 0 Å². The zero-order chi connectivity index (χ0) is 13.7. The third-order valence-corrected chi connectivity index (χ3v) is 3.85. The van der Waals surface area contributed by atoms with Gasteiger partial charge in [0.1, 0.15) is 0 Å². The summed E-state index contributed by atoms with van der Waals surface area (Å²) in [5, 5.41) is 8.80. The molecule has 2 heterocycles. The second-order valence-corrected chi connectivity index (χ2v) is 5.57. The molecule has 0 saturated heterocycles. The van der Waals surface area contributed by atoms with E-state index in [9.17, 15) is 8.42 Å². The fourth-order valence-corrected chi connectivity index (χ4v) is 2.41. The van der Waals surface area contributed by atoms with Crippen LogP contribution < -0.4 is 4.72 Å². The Morgan fingerprint density at radius 2 is 2.21 bits per heavy atom. The van der Waals surface area contributed by atoms with Crippen LogP contribution in [0.1, 0.15) is 5.56 Å². The van der Waals surface area contributed by atoms with Gasteiger partial charge in [-0.05, 0) is 11.6 Å². The molecule has 0 saturated carbocycles. The van der Waals surface area contributed by atoms with E-state index in [0.29, 0.717) is 12.1 Å². The highest BCUT2D eigenvalue weighted by Gasteiger charge is 2.14. The minimum atomic E-state index is -3.61. The third-order valence-electron chi connectivity index (χ3n) is 2.48. The van der Waals surface area contributed by atoms with Crippen LogP contribution in [0.3, 0.4) is 0 Å². The Labute approximate surface area is 111 Å². The van der Waals surface area contributed by atoms with E-state index in [4.69, 9.17) is 5.11 Å². The molecule has 2 aromatic rings. The summed E-state index contributed by atoms with van der Waals surface area (Å²) in [5.41, 5.74) is 0.567. The lowest BCUT2D eigenvalue weighted by Crippen LogP contribution is -2.27. The average Bonchev–Trinajstić information content (AvgIpc) is 2.92. The summed E-state index contributed by atoms with van der Waals surface area (Å²) >= 11 is 0. The van der Waals surface area contributed by atoms with Gasteiger partial charge in [0.25, 0.3) is 10.0 Å². The fraction of sp³-hybridized carbons (Fsp3) is 0.273. The van der Waals surface area contributed by atoms with Gasteiger partial charge in [0.2, 0.25) is 0 Å². The van der Waals surface area contributed by atoms with Gasteiger partial charge in [-0.2, -0.15) is 0 Å². The minimum absolute atomic E-state index is 0.0599. The summed E-state index contributed by atoms with van der Waals surface area (Å²) in [6.07, 6.45) is 6.33. The molecule has 0 fully saturated rings. The third kappa shape index (κ3) is 3.60. The maximum Gasteiger partial charge on any atom is 0.258 e. The van der Waals surface area contributed by atoms with E-state index in [1.165, 1.54) is 18.3 Å². The van der Waals surface area contributed by atoms with Gasteiger partial charge >= 0.3 is 0 Å². The van der Waals surface area contributed by atoms with Crippen molar-refractivity contribution in [2.24, 2.45) is 0 Å². The van der Waals surface area contributed by atoms with E-state index in [1.807, 2.05) is 0 Å². The summed E-state index contributed by atoms with van der Waals surface area (Å²) in [4.78, 5) is 7.67. The highest BCUT2D eigenvalue weighted by atomic mass is 32.2.